The second-order valence-electron chi connectivity index (χ2n) is 4.19. The van der Waals surface area contributed by atoms with Crippen molar-refractivity contribution in [3.05, 3.63) is 42.1 Å². The first-order chi connectivity index (χ1) is 9.26. The average molecular weight is 257 g/mol. The van der Waals surface area contributed by atoms with Crippen LogP contribution in [0.25, 0.3) is 11.3 Å². The van der Waals surface area contributed by atoms with Gasteiger partial charge in [0.25, 0.3) is 0 Å². The van der Waals surface area contributed by atoms with Crippen LogP contribution in [0, 0.1) is 6.92 Å². The zero-order chi connectivity index (χ0) is 13.7. The molecule has 1 aromatic carbocycles. The van der Waals surface area contributed by atoms with E-state index < -0.39 is 0 Å². The molecule has 0 radical (unpaired) electrons. The Balaban J connectivity index is 2.46. The molecule has 0 spiro atoms. The first-order valence-corrected chi connectivity index (χ1v) is 6.57. The lowest BCUT2D eigenvalue weighted by Gasteiger charge is -2.13. The van der Waals surface area contributed by atoms with Crippen molar-refractivity contribution in [2.24, 2.45) is 0 Å². The normalized spacial score (nSPS) is 10.3. The summed E-state index contributed by atoms with van der Waals surface area (Å²) in [6.45, 7) is 7.29. The minimum Gasteiger partial charge on any atom is -0.494 e. The fourth-order valence-electron chi connectivity index (χ4n) is 2.00. The van der Waals surface area contributed by atoms with E-state index in [9.17, 15) is 0 Å². The molecule has 0 bridgehead atoms. The van der Waals surface area contributed by atoms with Crippen LogP contribution in [0.15, 0.2) is 36.5 Å². The summed E-state index contributed by atoms with van der Waals surface area (Å²) in [5.74, 6) is 1.72. The fraction of sp³-hybridized carbons (Fsp3) is 0.312. The molecule has 0 aliphatic carbocycles. The number of rotatable bonds is 5. The summed E-state index contributed by atoms with van der Waals surface area (Å²) in [6.07, 6.45) is 1.76. The van der Waals surface area contributed by atoms with Crippen LogP contribution in [0.1, 0.15) is 19.4 Å². The lowest BCUT2D eigenvalue weighted by molar-refractivity contribution is 0.338. The minimum atomic E-state index is 0.642. The summed E-state index contributed by atoms with van der Waals surface area (Å²) in [6, 6.07) is 9.89. The Labute approximate surface area is 114 Å². The topological polar surface area (TPSA) is 31.4 Å². The molecule has 0 saturated heterocycles. The molecule has 0 N–H and O–H groups in total. The third kappa shape index (κ3) is 3.05. The first-order valence-electron chi connectivity index (χ1n) is 6.57. The van der Waals surface area contributed by atoms with Crippen molar-refractivity contribution in [2.45, 2.75) is 20.8 Å². The second-order valence-corrected chi connectivity index (χ2v) is 4.19. The molecular weight excluding hydrogens is 238 g/mol. The number of nitrogens with zero attached hydrogens (tertiary/aromatic N) is 1. The molecule has 3 nitrogen and oxygen atoms in total. The van der Waals surface area contributed by atoms with Crippen molar-refractivity contribution in [3.63, 3.8) is 0 Å². The van der Waals surface area contributed by atoms with Gasteiger partial charge in [-0.1, -0.05) is 12.1 Å². The van der Waals surface area contributed by atoms with Crippen LogP contribution in [-0.4, -0.2) is 18.2 Å². The smallest absolute Gasteiger partial charge is 0.131 e. The first kappa shape index (κ1) is 13.4. The maximum atomic E-state index is 5.74. The predicted molar refractivity (Wildman–Crippen MR) is 76.7 cm³/mol. The van der Waals surface area contributed by atoms with Gasteiger partial charge in [0.2, 0.25) is 0 Å². The van der Waals surface area contributed by atoms with Crippen molar-refractivity contribution < 1.29 is 9.47 Å². The van der Waals surface area contributed by atoms with Crippen LogP contribution in [0.5, 0.6) is 11.5 Å². The summed E-state index contributed by atoms with van der Waals surface area (Å²) < 4.78 is 11.3. The van der Waals surface area contributed by atoms with E-state index in [1.165, 1.54) is 0 Å². The van der Waals surface area contributed by atoms with Crippen LogP contribution >= 0.6 is 0 Å². The fourth-order valence-corrected chi connectivity index (χ4v) is 2.00. The Kier molecular flexibility index (Phi) is 4.39. The van der Waals surface area contributed by atoms with E-state index in [4.69, 9.17) is 9.47 Å². The van der Waals surface area contributed by atoms with Gasteiger partial charge in [0.15, 0.2) is 0 Å². The van der Waals surface area contributed by atoms with Crippen LogP contribution in [-0.2, 0) is 0 Å². The Morgan fingerprint density at radius 2 is 1.84 bits per heavy atom. The minimum absolute atomic E-state index is 0.642. The average Bonchev–Trinajstić information content (AvgIpc) is 2.42. The molecule has 0 aliphatic heterocycles. The Hall–Kier alpha value is -2.03. The van der Waals surface area contributed by atoms with E-state index in [1.54, 1.807) is 6.20 Å². The molecule has 1 heterocycles. The Bertz CT molecular complexity index is 552. The van der Waals surface area contributed by atoms with E-state index in [1.807, 2.05) is 51.1 Å². The largest absolute Gasteiger partial charge is 0.494 e. The van der Waals surface area contributed by atoms with Crippen molar-refractivity contribution in [1.82, 2.24) is 4.98 Å². The molecule has 0 atom stereocenters. The maximum Gasteiger partial charge on any atom is 0.131 e. The number of hydrogen-bond donors (Lipinski definition) is 0. The second kappa shape index (κ2) is 6.23. The standard InChI is InChI=1S/C16H19NO2/c1-4-18-13-9-10-17-15(11-13)14-8-6-7-12(3)16(14)19-5-2/h6-11H,4-5H2,1-3H3. The summed E-state index contributed by atoms with van der Waals surface area (Å²) in [5, 5.41) is 0. The summed E-state index contributed by atoms with van der Waals surface area (Å²) in [4.78, 5) is 4.42. The Morgan fingerprint density at radius 1 is 1.05 bits per heavy atom. The number of pyridine rings is 1. The zero-order valence-corrected chi connectivity index (χ0v) is 11.6. The molecule has 19 heavy (non-hydrogen) atoms. The molecule has 1 aromatic heterocycles. The number of ether oxygens (including phenoxy) is 2. The van der Waals surface area contributed by atoms with Gasteiger partial charge in [-0.15, -0.1) is 0 Å². The number of aryl methyl sites for hydroxylation is 1. The van der Waals surface area contributed by atoms with Gasteiger partial charge < -0.3 is 9.47 Å². The monoisotopic (exact) mass is 257 g/mol. The van der Waals surface area contributed by atoms with E-state index in [2.05, 4.69) is 4.98 Å². The molecule has 2 aromatic rings. The summed E-state index contributed by atoms with van der Waals surface area (Å²) in [7, 11) is 0. The summed E-state index contributed by atoms with van der Waals surface area (Å²) >= 11 is 0. The van der Waals surface area contributed by atoms with Crippen LogP contribution in [0.4, 0.5) is 0 Å². The van der Waals surface area contributed by atoms with Crippen molar-refractivity contribution in [1.29, 1.82) is 0 Å². The molecule has 2 rings (SSSR count). The van der Waals surface area contributed by atoms with Gasteiger partial charge in [-0.25, -0.2) is 0 Å². The quantitative estimate of drug-likeness (QED) is 0.815. The zero-order valence-electron chi connectivity index (χ0n) is 11.6. The number of benzene rings is 1. The SMILES string of the molecule is CCOc1ccnc(-c2cccc(C)c2OCC)c1. The van der Waals surface area contributed by atoms with E-state index in [0.29, 0.717) is 13.2 Å². The van der Waals surface area contributed by atoms with Gasteiger partial charge in [-0.2, -0.15) is 0 Å². The van der Waals surface area contributed by atoms with Crippen molar-refractivity contribution in [2.75, 3.05) is 13.2 Å². The lowest BCUT2D eigenvalue weighted by Crippen LogP contribution is -1.98. The van der Waals surface area contributed by atoms with Gasteiger partial charge in [0.1, 0.15) is 11.5 Å². The molecule has 0 amide bonds. The van der Waals surface area contributed by atoms with Crippen molar-refractivity contribution >= 4 is 0 Å². The molecular formula is C16H19NO2. The number of hydrogen-bond acceptors (Lipinski definition) is 3. The maximum absolute atomic E-state index is 5.74. The van der Waals surface area contributed by atoms with E-state index >= 15 is 0 Å². The highest BCUT2D eigenvalue weighted by atomic mass is 16.5. The third-order valence-electron chi connectivity index (χ3n) is 2.82. The van der Waals surface area contributed by atoms with E-state index in [-0.39, 0.29) is 0 Å². The molecule has 0 unspecified atom stereocenters. The van der Waals surface area contributed by atoms with Gasteiger partial charge in [0, 0.05) is 17.8 Å². The molecule has 0 fully saturated rings. The predicted octanol–water partition coefficient (Wildman–Crippen LogP) is 3.85. The lowest BCUT2D eigenvalue weighted by atomic mass is 10.1. The van der Waals surface area contributed by atoms with Gasteiger partial charge in [-0.3, -0.25) is 4.98 Å². The number of aromatic nitrogens is 1. The van der Waals surface area contributed by atoms with Crippen LogP contribution in [0.3, 0.4) is 0 Å². The van der Waals surface area contributed by atoms with Gasteiger partial charge in [-0.05, 0) is 38.5 Å². The van der Waals surface area contributed by atoms with Crippen LogP contribution in [0.2, 0.25) is 0 Å². The highest BCUT2D eigenvalue weighted by molar-refractivity contribution is 5.70. The third-order valence-corrected chi connectivity index (χ3v) is 2.82. The Morgan fingerprint density at radius 3 is 2.58 bits per heavy atom. The molecule has 0 aliphatic rings. The van der Waals surface area contributed by atoms with Crippen molar-refractivity contribution in [3.8, 4) is 22.8 Å². The highest BCUT2D eigenvalue weighted by Crippen LogP contribution is 2.33. The summed E-state index contributed by atoms with van der Waals surface area (Å²) in [5.41, 5.74) is 2.99. The van der Waals surface area contributed by atoms with Gasteiger partial charge in [0.05, 0.1) is 18.9 Å². The molecule has 3 heteroatoms. The highest BCUT2D eigenvalue weighted by Gasteiger charge is 2.10. The van der Waals surface area contributed by atoms with Crippen LogP contribution < -0.4 is 9.47 Å². The van der Waals surface area contributed by atoms with E-state index in [0.717, 1.165) is 28.3 Å². The van der Waals surface area contributed by atoms with Gasteiger partial charge >= 0.3 is 0 Å². The number of para-hydroxylation sites is 1. The molecule has 100 valence electrons. The molecule has 0 saturated carbocycles.